The summed E-state index contributed by atoms with van der Waals surface area (Å²) in [5, 5.41) is 3.27. The van der Waals surface area contributed by atoms with Gasteiger partial charge in [-0.05, 0) is 53.0 Å². The fourth-order valence-corrected chi connectivity index (χ4v) is 4.84. The highest BCUT2D eigenvalue weighted by molar-refractivity contribution is 6.12. The van der Waals surface area contributed by atoms with Crippen LogP contribution in [0.3, 0.4) is 0 Å². The molecule has 1 aliphatic heterocycles. The average molecular weight is 500 g/mol. The minimum absolute atomic E-state index is 0.0126. The van der Waals surface area contributed by atoms with Crippen molar-refractivity contribution in [3.63, 3.8) is 0 Å². The molecule has 1 aromatic rings. The van der Waals surface area contributed by atoms with Gasteiger partial charge < -0.3 is 24.3 Å². The van der Waals surface area contributed by atoms with Crippen LogP contribution in [0.15, 0.2) is 46.8 Å². The zero-order chi connectivity index (χ0) is 26.6. The van der Waals surface area contributed by atoms with Crippen LogP contribution < -0.4 is 10.1 Å². The van der Waals surface area contributed by atoms with Gasteiger partial charge in [0.2, 0.25) is 0 Å². The van der Waals surface area contributed by atoms with E-state index in [2.05, 4.69) is 5.32 Å². The van der Waals surface area contributed by atoms with E-state index in [-0.39, 0.29) is 37.1 Å². The van der Waals surface area contributed by atoms with E-state index < -0.39 is 23.8 Å². The molecule has 0 saturated carbocycles. The Labute approximate surface area is 213 Å². The van der Waals surface area contributed by atoms with Gasteiger partial charge in [-0.2, -0.15) is 0 Å². The molecule has 0 radical (unpaired) electrons. The molecule has 0 bridgehead atoms. The number of ketones is 1. The fourth-order valence-electron chi connectivity index (χ4n) is 4.84. The number of allylic oxidation sites excluding steroid dienone is 3. The van der Waals surface area contributed by atoms with Crippen LogP contribution in [0.25, 0.3) is 0 Å². The molecule has 1 aliphatic carbocycles. The topological polar surface area (TPSA) is 100 Å². The summed E-state index contributed by atoms with van der Waals surface area (Å²) < 4.78 is 22.1. The van der Waals surface area contributed by atoms with Crippen LogP contribution >= 0.6 is 0 Å². The van der Waals surface area contributed by atoms with Gasteiger partial charge in [0, 0.05) is 22.5 Å². The van der Waals surface area contributed by atoms with E-state index in [4.69, 9.17) is 18.9 Å². The van der Waals surface area contributed by atoms with E-state index in [1.54, 1.807) is 6.92 Å². The Morgan fingerprint density at radius 3 is 2.42 bits per heavy atom. The van der Waals surface area contributed by atoms with Crippen LogP contribution in [-0.4, -0.2) is 50.3 Å². The molecular weight excluding hydrogens is 462 g/mol. The molecule has 0 unspecified atom stereocenters. The van der Waals surface area contributed by atoms with Crippen molar-refractivity contribution in [1.82, 2.24) is 5.32 Å². The van der Waals surface area contributed by atoms with Gasteiger partial charge in [0.05, 0.1) is 37.4 Å². The van der Waals surface area contributed by atoms with Crippen molar-refractivity contribution in [3.05, 3.63) is 52.4 Å². The van der Waals surface area contributed by atoms with Gasteiger partial charge in [0.1, 0.15) is 18.3 Å². The van der Waals surface area contributed by atoms with Crippen LogP contribution in [0.4, 0.5) is 0 Å². The van der Waals surface area contributed by atoms with Crippen molar-refractivity contribution >= 4 is 17.7 Å². The van der Waals surface area contributed by atoms with Gasteiger partial charge >= 0.3 is 11.9 Å². The van der Waals surface area contributed by atoms with Crippen LogP contribution in [0, 0.1) is 11.8 Å². The Bertz CT molecular complexity index is 1070. The first kappa shape index (κ1) is 27.5. The summed E-state index contributed by atoms with van der Waals surface area (Å²) in [7, 11) is 1.28. The number of carbonyl (C=O) groups excluding carboxylic acids is 3. The summed E-state index contributed by atoms with van der Waals surface area (Å²) in [4.78, 5) is 39.9. The number of methoxy groups -OCH3 is 1. The van der Waals surface area contributed by atoms with Crippen molar-refractivity contribution in [1.29, 1.82) is 0 Å². The number of benzene rings is 1. The summed E-state index contributed by atoms with van der Waals surface area (Å²) in [5.41, 5.74) is 2.65. The van der Waals surface area contributed by atoms with E-state index in [1.165, 1.54) is 7.11 Å². The van der Waals surface area contributed by atoms with E-state index in [9.17, 15) is 14.4 Å². The molecule has 196 valence electrons. The van der Waals surface area contributed by atoms with E-state index >= 15 is 0 Å². The van der Waals surface area contributed by atoms with E-state index in [1.807, 2.05) is 58.9 Å². The van der Waals surface area contributed by atoms with Gasteiger partial charge in [-0.15, -0.1) is 0 Å². The third-order valence-corrected chi connectivity index (χ3v) is 6.32. The lowest BCUT2D eigenvalue weighted by atomic mass is 9.69. The predicted octanol–water partition coefficient (Wildman–Crippen LogP) is 4.06. The molecule has 3 rings (SSSR count). The first-order chi connectivity index (χ1) is 17.1. The fraction of sp³-hybridized carbons (Fsp3) is 0.536. The molecular formula is C28H37NO7. The molecule has 2 aliphatic rings. The number of nitrogens with one attached hydrogen (secondary N) is 1. The zero-order valence-corrected chi connectivity index (χ0v) is 22.2. The Kier molecular flexibility index (Phi) is 8.95. The first-order valence-corrected chi connectivity index (χ1v) is 12.4. The third-order valence-electron chi connectivity index (χ3n) is 6.32. The Hall–Kier alpha value is -3.13. The maximum atomic E-state index is 13.9. The molecule has 0 fully saturated rings. The summed E-state index contributed by atoms with van der Waals surface area (Å²) in [6.45, 7) is 11.6. The molecule has 1 aromatic carbocycles. The highest BCUT2D eigenvalue weighted by Gasteiger charge is 2.47. The van der Waals surface area contributed by atoms with Crippen molar-refractivity contribution < 1.29 is 33.3 Å². The number of hydrogen-bond donors (Lipinski definition) is 1. The molecule has 0 spiro atoms. The van der Waals surface area contributed by atoms with Crippen molar-refractivity contribution in [2.45, 2.75) is 66.1 Å². The minimum atomic E-state index is -0.952. The Balaban J connectivity index is 2.11. The Morgan fingerprint density at radius 2 is 1.78 bits per heavy atom. The van der Waals surface area contributed by atoms with Gasteiger partial charge in [-0.3, -0.25) is 9.59 Å². The van der Waals surface area contributed by atoms with Crippen LogP contribution in [0.5, 0.6) is 5.75 Å². The molecule has 1 N–H and O–H groups in total. The summed E-state index contributed by atoms with van der Waals surface area (Å²) >= 11 is 0. The number of carbonyl (C=O) groups is 3. The summed E-state index contributed by atoms with van der Waals surface area (Å²) in [6.07, 6.45) is 0.352. The quantitative estimate of drug-likeness (QED) is 0.309. The maximum absolute atomic E-state index is 13.9. The first-order valence-electron chi connectivity index (χ1n) is 12.4. The monoisotopic (exact) mass is 499 g/mol. The van der Waals surface area contributed by atoms with Crippen molar-refractivity contribution in [3.8, 4) is 5.75 Å². The molecule has 1 heterocycles. The lowest BCUT2D eigenvalue weighted by Crippen LogP contribution is -2.43. The molecule has 8 heteroatoms. The number of para-hydroxylation sites is 1. The number of hydrogen-bond acceptors (Lipinski definition) is 8. The molecule has 0 amide bonds. The smallest absolute Gasteiger partial charge is 0.336 e. The number of rotatable bonds is 9. The SMILES string of the molecule is COC(=O)[C@@H]1C(=O)C2=C(C[C@H]1C)NC(C)=C(C(=O)OCCOC(C)C)[C@H]2c1ccccc1OC(C)C. The lowest BCUT2D eigenvalue weighted by Gasteiger charge is -2.38. The number of Topliss-reactive ketones (excluding diaryl/α,β-unsaturated/α-hetero) is 1. The van der Waals surface area contributed by atoms with Gasteiger partial charge in [0.15, 0.2) is 5.78 Å². The maximum Gasteiger partial charge on any atom is 0.336 e. The number of dihydropyridines is 1. The molecule has 0 aromatic heterocycles. The van der Waals surface area contributed by atoms with Crippen LogP contribution in [-0.2, 0) is 28.6 Å². The molecule has 8 nitrogen and oxygen atoms in total. The molecule has 36 heavy (non-hydrogen) atoms. The average Bonchev–Trinajstić information content (AvgIpc) is 2.80. The van der Waals surface area contributed by atoms with E-state index in [0.29, 0.717) is 40.3 Å². The lowest BCUT2D eigenvalue weighted by molar-refractivity contribution is -0.151. The van der Waals surface area contributed by atoms with Crippen LogP contribution in [0.2, 0.25) is 0 Å². The van der Waals surface area contributed by atoms with Gasteiger partial charge in [-0.1, -0.05) is 25.1 Å². The van der Waals surface area contributed by atoms with Gasteiger partial charge in [0.25, 0.3) is 0 Å². The second kappa shape index (κ2) is 11.7. The largest absolute Gasteiger partial charge is 0.491 e. The second-order valence-corrected chi connectivity index (χ2v) is 9.80. The van der Waals surface area contributed by atoms with Gasteiger partial charge in [-0.25, -0.2) is 4.79 Å². The third kappa shape index (κ3) is 5.81. The Morgan fingerprint density at radius 1 is 1.08 bits per heavy atom. The van der Waals surface area contributed by atoms with Crippen LogP contribution in [0.1, 0.15) is 59.4 Å². The second-order valence-electron chi connectivity index (χ2n) is 9.80. The standard InChI is InChI=1S/C28H37NO7/c1-15(2)34-12-13-35-28(32)23-18(6)29-20-14-17(5)22(27(31)33-7)26(30)25(20)24(23)19-10-8-9-11-21(19)36-16(3)4/h8-11,15-17,22,24,29H,12-14H2,1-7H3/t17-,22+,24-/m1/s1. The van der Waals surface area contributed by atoms with Crippen molar-refractivity contribution in [2.24, 2.45) is 11.8 Å². The predicted molar refractivity (Wildman–Crippen MR) is 134 cm³/mol. The number of ether oxygens (including phenoxy) is 4. The molecule has 3 atom stereocenters. The van der Waals surface area contributed by atoms with Crippen molar-refractivity contribution in [2.75, 3.05) is 20.3 Å². The normalized spacial score (nSPS) is 21.9. The number of esters is 2. The highest BCUT2D eigenvalue weighted by Crippen LogP contribution is 2.47. The summed E-state index contributed by atoms with van der Waals surface area (Å²) in [6, 6.07) is 7.35. The highest BCUT2D eigenvalue weighted by atomic mass is 16.6. The minimum Gasteiger partial charge on any atom is -0.491 e. The zero-order valence-electron chi connectivity index (χ0n) is 22.2. The molecule has 0 saturated heterocycles. The van der Waals surface area contributed by atoms with E-state index in [0.717, 1.165) is 0 Å². The summed E-state index contributed by atoms with van der Waals surface area (Å²) in [5.74, 6) is -2.89.